The molecule has 0 radical (unpaired) electrons. The number of nitrogens with one attached hydrogen (secondary N) is 2. The van der Waals surface area contributed by atoms with Crippen LogP contribution in [0, 0.1) is 0 Å². The van der Waals surface area contributed by atoms with Gasteiger partial charge in [-0.15, -0.1) is 0 Å². The Morgan fingerprint density at radius 2 is 2.21 bits per heavy atom. The molecule has 0 spiro atoms. The molecule has 102 valence electrons. The van der Waals surface area contributed by atoms with Crippen molar-refractivity contribution in [3.63, 3.8) is 0 Å². The van der Waals surface area contributed by atoms with Crippen LogP contribution in [0.25, 0.3) is 10.9 Å². The highest BCUT2D eigenvalue weighted by molar-refractivity contribution is 7.91. The highest BCUT2D eigenvalue weighted by Gasteiger charge is 2.37. The maximum atomic E-state index is 11.6. The van der Waals surface area contributed by atoms with Gasteiger partial charge >= 0.3 is 0 Å². The number of para-hydroxylation sites is 1. The van der Waals surface area contributed by atoms with Crippen LogP contribution >= 0.6 is 0 Å². The third-order valence-corrected chi connectivity index (χ3v) is 5.79. The molecule has 0 amide bonds. The number of H-pyrrole nitrogens is 1. The first-order valence-corrected chi connectivity index (χ1v) is 8.30. The number of benzene rings is 1. The molecule has 2 heterocycles. The van der Waals surface area contributed by atoms with Gasteiger partial charge in [-0.05, 0) is 30.4 Å². The Labute approximate surface area is 113 Å². The van der Waals surface area contributed by atoms with Crippen molar-refractivity contribution in [2.24, 2.45) is 0 Å². The minimum Gasteiger partial charge on any atom is -0.361 e. The van der Waals surface area contributed by atoms with E-state index in [1.54, 1.807) is 0 Å². The first-order chi connectivity index (χ1) is 8.98. The smallest absolute Gasteiger partial charge is 0.152 e. The van der Waals surface area contributed by atoms with Gasteiger partial charge in [-0.3, -0.25) is 0 Å². The number of aromatic amines is 1. The van der Waals surface area contributed by atoms with E-state index in [0.717, 1.165) is 5.52 Å². The van der Waals surface area contributed by atoms with Crippen LogP contribution in [0.1, 0.15) is 18.9 Å². The molecule has 0 bridgehead atoms. The second-order valence-electron chi connectivity index (χ2n) is 5.62. The monoisotopic (exact) mass is 278 g/mol. The molecule has 5 heteroatoms. The summed E-state index contributed by atoms with van der Waals surface area (Å²) < 4.78 is 23.2. The number of hydrogen-bond donors (Lipinski definition) is 2. The summed E-state index contributed by atoms with van der Waals surface area (Å²) in [6.45, 7) is 2.68. The normalized spacial score (nSPS) is 25.9. The van der Waals surface area contributed by atoms with E-state index in [4.69, 9.17) is 0 Å². The molecular weight excluding hydrogens is 260 g/mol. The summed E-state index contributed by atoms with van der Waals surface area (Å²) in [5, 5.41) is 4.60. The SMILES string of the molecule is CC1(NCc2cccc3cc[nH]c23)CCS(=O)(=O)C1. The molecule has 4 nitrogen and oxygen atoms in total. The Bertz CT molecular complexity index is 705. The number of hydrogen-bond acceptors (Lipinski definition) is 3. The summed E-state index contributed by atoms with van der Waals surface area (Å²) in [7, 11) is -2.86. The van der Waals surface area contributed by atoms with E-state index in [2.05, 4.69) is 22.4 Å². The lowest BCUT2D eigenvalue weighted by Crippen LogP contribution is -2.42. The zero-order valence-electron chi connectivity index (χ0n) is 10.9. The predicted molar refractivity (Wildman–Crippen MR) is 76.8 cm³/mol. The van der Waals surface area contributed by atoms with E-state index >= 15 is 0 Å². The van der Waals surface area contributed by atoms with Gasteiger partial charge in [0.1, 0.15) is 0 Å². The molecular formula is C14H18N2O2S. The minimum atomic E-state index is -2.86. The van der Waals surface area contributed by atoms with Gasteiger partial charge in [0.2, 0.25) is 0 Å². The van der Waals surface area contributed by atoms with Crippen LogP contribution < -0.4 is 5.32 Å². The fourth-order valence-corrected chi connectivity index (χ4v) is 4.88. The molecule has 19 heavy (non-hydrogen) atoms. The van der Waals surface area contributed by atoms with Crippen molar-refractivity contribution in [2.75, 3.05) is 11.5 Å². The lowest BCUT2D eigenvalue weighted by molar-refractivity contribution is 0.396. The quantitative estimate of drug-likeness (QED) is 0.900. The maximum Gasteiger partial charge on any atom is 0.152 e. The molecule has 0 aliphatic carbocycles. The first kappa shape index (κ1) is 12.7. The lowest BCUT2D eigenvalue weighted by atomic mass is 10.0. The zero-order valence-corrected chi connectivity index (χ0v) is 11.8. The summed E-state index contributed by atoms with van der Waals surface area (Å²) in [6, 6.07) is 8.21. The third-order valence-electron chi connectivity index (χ3n) is 3.88. The van der Waals surface area contributed by atoms with E-state index < -0.39 is 9.84 Å². The minimum absolute atomic E-state index is 0.237. The van der Waals surface area contributed by atoms with Crippen LogP contribution in [0.4, 0.5) is 0 Å². The second-order valence-corrected chi connectivity index (χ2v) is 7.80. The van der Waals surface area contributed by atoms with E-state index in [-0.39, 0.29) is 11.3 Å². The van der Waals surface area contributed by atoms with E-state index in [1.807, 2.05) is 25.3 Å². The Morgan fingerprint density at radius 1 is 1.37 bits per heavy atom. The molecule has 1 aromatic heterocycles. The molecule has 1 aliphatic heterocycles. The molecule has 2 aromatic rings. The number of sulfone groups is 1. The maximum absolute atomic E-state index is 11.6. The third kappa shape index (κ3) is 2.53. The van der Waals surface area contributed by atoms with Crippen molar-refractivity contribution >= 4 is 20.7 Å². The van der Waals surface area contributed by atoms with Gasteiger partial charge in [0, 0.05) is 23.8 Å². The zero-order chi connectivity index (χ0) is 13.5. The van der Waals surface area contributed by atoms with Gasteiger partial charge in [0.15, 0.2) is 9.84 Å². The highest BCUT2D eigenvalue weighted by Crippen LogP contribution is 2.24. The second kappa shape index (κ2) is 4.35. The van der Waals surface area contributed by atoms with Crippen LogP contribution in [-0.4, -0.2) is 30.4 Å². The first-order valence-electron chi connectivity index (χ1n) is 6.48. The van der Waals surface area contributed by atoms with Crippen molar-refractivity contribution < 1.29 is 8.42 Å². The van der Waals surface area contributed by atoms with Crippen molar-refractivity contribution in [2.45, 2.75) is 25.4 Å². The molecule has 1 atom stereocenters. The van der Waals surface area contributed by atoms with Crippen LogP contribution in [0.3, 0.4) is 0 Å². The average molecular weight is 278 g/mol. The summed E-state index contributed by atoms with van der Waals surface area (Å²) in [4.78, 5) is 3.23. The van der Waals surface area contributed by atoms with Crippen LogP contribution in [0.15, 0.2) is 30.5 Å². The molecule has 1 unspecified atom stereocenters. The van der Waals surface area contributed by atoms with Crippen molar-refractivity contribution in [1.82, 2.24) is 10.3 Å². The molecule has 1 aliphatic rings. The predicted octanol–water partition coefficient (Wildman–Crippen LogP) is 1.83. The van der Waals surface area contributed by atoms with Gasteiger partial charge < -0.3 is 10.3 Å². The van der Waals surface area contributed by atoms with Gasteiger partial charge in [-0.1, -0.05) is 18.2 Å². The molecule has 1 aromatic carbocycles. The van der Waals surface area contributed by atoms with Crippen LogP contribution in [-0.2, 0) is 16.4 Å². The fourth-order valence-electron chi connectivity index (χ4n) is 2.76. The van der Waals surface area contributed by atoms with E-state index in [0.29, 0.717) is 18.7 Å². The van der Waals surface area contributed by atoms with Crippen molar-refractivity contribution in [3.05, 3.63) is 36.0 Å². The van der Waals surface area contributed by atoms with Crippen LogP contribution in [0.2, 0.25) is 0 Å². The molecule has 2 N–H and O–H groups in total. The Balaban J connectivity index is 1.78. The van der Waals surface area contributed by atoms with Gasteiger partial charge in [-0.2, -0.15) is 0 Å². The number of fused-ring (bicyclic) bond motifs is 1. The van der Waals surface area contributed by atoms with E-state index in [9.17, 15) is 8.42 Å². The summed E-state index contributed by atoms with van der Waals surface area (Å²) >= 11 is 0. The number of aromatic nitrogens is 1. The lowest BCUT2D eigenvalue weighted by Gasteiger charge is -2.24. The summed E-state index contributed by atoms with van der Waals surface area (Å²) in [5.41, 5.74) is 2.00. The number of rotatable bonds is 3. The average Bonchev–Trinajstić information content (AvgIpc) is 2.92. The van der Waals surface area contributed by atoms with E-state index in [1.165, 1.54) is 10.9 Å². The van der Waals surface area contributed by atoms with Gasteiger partial charge in [0.05, 0.1) is 11.5 Å². The Morgan fingerprint density at radius 3 is 2.95 bits per heavy atom. The summed E-state index contributed by atoms with van der Waals surface area (Å²) in [6.07, 6.45) is 2.62. The largest absolute Gasteiger partial charge is 0.361 e. The topological polar surface area (TPSA) is 62.0 Å². The van der Waals surface area contributed by atoms with Crippen molar-refractivity contribution in [1.29, 1.82) is 0 Å². The van der Waals surface area contributed by atoms with Gasteiger partial charge in [-0.25, -0.2) is 8.42 Å². The fraction of sp³-hybridized carbons (Fsp3) is 0.429. The standard InChI is InChI=1S/C14H18N2O2S/c1-14(6-8-19(17,18)10-14)16-9-12-4-2-3-11-5-7-15-13(11)12/h2-5,7,15-16H,6,8-10H2,1H3. The highest BCUT2D eigenvalue weighted by atomic mass is 32.2. The molecule has 3 rings (SSSR count). The molecule has 0 saturated carbocycles. The summed E-state index contributed by atoms with van der Waals surface area (Å²) in [5.74, 6) is 0.532. The van der Waals surface area contributed by atoms with Gasteiger partial charge in [0.25, 0.3) is 0 Å². The van der Waals surface area contributed by atoms with Crippen LogP contribution in [0.5, 0.6) is 0 Å². The molecule has 1 saturated heterocycles. The Hall–Kier alpha value is -1.33. The van der Waals surface area contributed by atoms with Crippen molar-refractivity contribution in [3.8, 4) is 0 Å². The Kier molecular flexibility index (Phi) is 2.91. The molecule has 1 fully saturated rings.